The molecule has 0 aliphatic rings. The SMILES string of the molecule is COc1c(C)cc(C(F)(F)CC(=O)O)c(C)c1C. The summed E-state index contributed by atoms with van der Waals surface area (Å²) >= 11 is 0. The Hall–Kier alpha value is -1.65. The van der Waals surface area contributed by atoms with Crippen molar-refractivity contribution in [1.29, 1.82) is 0 Å². The largest absolute Gasteiger partial charge is 0.496 e. The molecular weight excluding hydrogens is 242 g/mol. The Morgan fingerprint density at radius 2 is 1.89 bits per heavy atom. The Labute approximate surface area is 104 Å². The number of methoxy groups -OCH3 is 1. The van der Waals surface area contributed by atoms with Gasteiger partial charge in [0.15, 0.2) is 0 Å². The third-order valence-corrected chi connectivity index (χ3v) is 3.00. The quantitative estimate of drug-likeness (QED) is 0.902. The molecule has 5 heteroatoms. The molecule has 0 radical (unpaired) electrons. The molecule has 18 heavy (non-hydrogen) atoms. The zero-order valence-corrected chi connectivity index (χ0v) is 10.8. The van der Waals surface area contributed by atoms with Crippen LogP contribution in [-0.2, 0) is 10.7 Å². The zero-order chi connectivity index (χ0) is 14.1. The van der Waals surface area contributed by atoms with Gasteiger partial charge >= 0.3 is 5.97 Å². The second-order valence-corrected chi connectivity index (χ2v) is 4.30. The van der Waals surface area contributed by atoms with E-state index in [1.165, 1.54) is 13.2 Å². The number of benzene rings is 1. The van der Waals surface area contributed by atoms with Crippen LogP contribution in [0.2, 0.25) is 0 Å². The molecule has 0 bridgehead atoms. The first-order valence-electron chi connectivity index (χ1n) is 5.45. The minimum atomic E-state index is -3.38. The molecule has 1 aromatic carbocycles. The number of hydrogen-bond acceptors (Lipinski definition) is 2. The highest BCUT2D eigenvalue weighted by atomic mass is 19.3. The lowest BCUT2D eigenvalue weighted by molar-refractivity contribution is -0.145. The van der Waals surface area contributed by atoms with Crippen LogP contribution in [0.25, 0.3) is 0 Å². The Kier molecular flexibility index (Phi) is 3.94. The molecule has 100 valence electrons. The molecule has 0 aliphatic heterocycles. The maximum Gasteiger partial charge on any atom is 0.309 e. The van der Waals surface area contributed by atoms with Crippen molar-refractivity contribution in [2.45, 2.75) is 33.1 Å². The Bertz CT molecular complexity index is 482. The minimum absolute atomic E-state index is 0.249. The van der Waals surface area contributed by atoms with E-state index in [9.17, 15) is 13.6 Å². The fraction of sp³-hybridized carbons (Fsp3) is 0.462. The van der Waals surface area contributed by atoms with Crippen molar-refractivity contribution in [3.05, 3.63) is 28.3 Å². The van der Waals surface area contributed by atoms with Crippen LogP contribution in [0.3, 0.4) is 0 Å². The van der Waals surface area contributed by atoms with E-state index >= 15 is 0 Å². The van der Waals surface area contributed by atoms with Crippen molar-refractivity contribution in [3.63, 3.8) is 0 Å². The molecule has 0 saturated heterocycles. The lowest BCUT2D eigenvalue weighted by Crippen LogP contribution is -2.20. The van der Waals surface area contributed by atoms with E-state index in [0.29, 0.717) is 22.4 Å². The smallest absolute Gasteiger partial charge is 0.309 e. The molecule has 1 N–H and O–H groups in total. The molecule has 0 heterocycles. The van der Waals surface area contributed by atoms with Gasteiger partial charge in [-0.05, 0) is 43.5 Å². The van der Waals surface area contributed by atoms with Crippen LogP contribution in [0.4, 0.5) is 8.78 Å². The second-order valence-electron chi connectivity index (χ2n) is 4.30. The zero-order valence-electron chi connectivity index (χ0n) is 10.8. The number of aliphatic carboxylic acids is 1. The van der Waals surface area contributed by atoms with E-state index in [4.69, 9.17) is 9.84 Å². The van der Waals surface area contributed by atoms with Gasteiger partial charge in [0, 0.05) is 5.56 Å². The highest BCUT2D eigenvalue weighted by Crippen LogP contribution is 2.39. The van der Waals surface area contributed by atoms with Gasteiger partial charge in [-0.15, -0.1) is 0 Å². The van der Waals surface area contributed by atoms with Crippen LogP contribution < -0.4 is 4.74 Å². The third-order valence-electron chi connectivity index (χ3n) is 3.00. The van der Waals surface area contributed by atoms with Crippen molar-refractivity contribution in [3.8, 4) is 5.75 Å². The van der Waals surface area contributed by atoms with Crippen LogP contribution in [0.1, 0.15) is 28.7 Å². The Morgan fingerprint density at radius 3 is 2.33 bits per heavy atom. The summed E-state index contributed by atoms with van der Waals surface area (Å²) in [6, 6.07) is 1.30. The lowest BCUT2D eigenvalue weighted by Gasteiger charge is -2.21. The number of aryl methyl sites for hydroxylation is 1. The summed E-state index contributed by atoms with van der Waals surface area (Å²) in [6.45, 7) is 4.88. The molecule has 0 unspecified atom stereocenters. The van der Waals surface area contributed by atoms with Crippen LogP contribution in [0.15, 0.2) is 6.07 Å². The van der Waals surface area contributed by atoms with Gasteiger partial charge in [-0.3, -0.25) is 4.79 Å². The van der Waals surface area contributed by atoms with Crippen molar-refractivity contribution in [1.82, 2.24) is 0 Å². The first-order valence-corrected chi connectivity index (χ1v) is 5.45. The lowest BCUT2D eigenvalue weighted by atomic mass is 9.93. The predicted molar refractivity (Wildman–Crippen MR) is 63.4 cm³/mol. The molecule has 0 atom stereocenters. The summed E-state index contributed by atoms with van der Waals surface area (Å²) < 4.78 is 32.8. The summed E-state index contributed by atoms with van der Waals surface area (Å²) in [5.41, 5.74) is 1.29. The number of hydrogen-bond donors (Lipinski definition) is 1. The summed E-state index contributed by atoms with van der Waals surface area (Å²) in [4.78, 5) is 10.5. The van der Waals surface area contributed by atoms with E-state index in [0.717, 1.165) is 0 Å². The van der Waals surface area contributed by atoms with Crippen LogP contribution >= 0.6 is 0 Å². The second kappa shape index (κ2) is 4.92. The predicted octanol–water partition coefficient (Wildman–Crippen LogP) is 3.19. The molecule has 0 saturated carbocycles. The van der Waals surface area contributed by atoms with Crippen molar-refractivity contribution in [2.75, 3.05) is 7.11 Å². The molecule has 0 aliphatic carbocycles. The van der Waals surface area contributed by atoms with Gasteiger partial charge in [-0.1, -0.05) is 0 Å². The van der Waals surface area contributed by atoms with Gasteiger partial charge in [0.2, 0.25) is 0 Å². The number of ether oxygens (including phenoxy) is 1. The number of carboxylic acids is 1. The number of carbonyl (C=O) groups is 1. The summed E-state index contributed by atoms with van der Waals surface area (Å²) in [7, 11) is 1.48. The summed E-state index contributed by atoms with van der Waals surface area (Å²) in [5, 5.41) is 8.54. The fourth-order valence-corrected chi connectivity index (χ4v) is 2.04. The van der Waals surface area contributed by atoms with Crippen molar-refractivity contribution in [2.24, 2.45) is 0 Å². The van der Waals surface area contributed by atoms with Gasteiger partial charge in [0.1, 0.15) is 12.2 Å². The van der Waals surface area contributed by atoms with Gasteiger partial charge < -0.3 is 9.84 Å². The van der Waals surface area contributed by atoms with Gasteiger partial charge in [-0.2, -0.15) is 0 Å². The molecular formula is C13H16F2O3. The van der Waals surface area contributed by atoms with E-state index in [-0.39, 0.29) is 5.56 Å². The van der Waals surface area contributed by atoms with Crippen molar-refractivity contribution >= 4 is 5.97 Å². The summed E-state index contributed by atoms with van der Waals surface area (Å²) in [5.74, 6) is -4.34. The minimum Gasteiger partial charge on any atom is -0.496 e. The first-order chi connectivity index (χ1) is 8.20. The standard InChI is InChI=1S/C13H16F2O3/c1-7-5-10(13(14,15)6-11(16)17)8(2)9(3)12(7)18-4/h5H,6H2,1-4H3,(H,16,17). The maximum atomic E-state index is 13.8. The first kappa shape index (κ1) is 14.4. The average Bonchev–Trinajstić information content (AvgIpc) is 2.22. The van der Waals surface area contributed by atoms with Crippen LogP contribution in [0.5, 0.6) is 5.75 Å². The highest BCUT2D eigenvalue weighted by Gasteiger charge is 2.37. The number of halogens is 2. The average molecular weight is 258 g/mol. The van der Waals surface area contributed by atoms with Gasteiger partial charge in [-0.25, -0.2) is 8.78 Å². The molecule has 0 aromatic heterocycles. The molecule has 0 fully saturated rings. The van der Waals surface area contributed by atoms with Crippen LogP contribution in [0, 0.1) is 20.8 Å². The molecule has 0 amide bonds. The highest BCUT2D eigenvalue weighted by molar-refractivity contribution is 5.68. The van der Waals surface area contributed by atoms with Gasteiger partial charge in [0.25, 0.3) is 5.92 Å². The van der Waals surface area contributed by atoms with Crippen molar-refractivity contribution < 1.29 is 23.4 Å². The topological polar surface area (TPSA) is 46.5 Å². The normalized spacial score (nSPS) is 11.4. The summed E-state index contributed by atoms with van der Waals surface area (Å²) in [6.07, 6.45) is -1.21. The number of alkyl halides is 2. The van der Waals surface area contributed by atoms with E-state index in [2.05, 4.69) is 0 Å². The molecule has 0 spiro atoms. The molecule has 3 nitrogen and oxygen atoms in total. The third kappa shape index (κ3) is 2.60. The Balaban J connectivity index is 3.39. The monoisotopic (exact) mass is 258 g/mol. The van der Waals surface area contributed by atoms with Crippen LogP contribution in [-0.4, -0.2) is 18.2 Å². The van der Waals surface area contributed by atoms with E-state index < -0.39 is 18.3 Å². The number of carboxylic acid groups (broad SMARTS) is 1. The molecule has 1 aromatic rings. The maximum absolute atomic E-state index is 13.8. The fourth-order valence-electron chi connectivity index (χ4n) is 2.04. The number of rotatable bonds is 4. The van der Waals surface area contributed by atoms with E-state index in [1.54, 1.807) is 20.8 Å². The van der Waals surface area contributed by atoms with E-state index in [1.807, 2.05) is 0 Å². The Morgan fingerprint density at radius 1 is 1.33 bits per heavy atom. The van der Waals surface area contributed by atoms with Gasteiger partial charge in [0.05, 0.1) is 7.11 Å². The molecule has 1 rings (SSSR count).